The largest absolute Gasteiger partial charge is 0.648 e. The molecule has 0 unspecified atom stereocenters. The first-order valence-electron chi connectivity index (χ1n) is 3.62. The lowest BCUT2D eigenvalue weighted by Gasteiger charge is -2.07. The summed E-state index contributed by atoms with van der Waals surface area (Å²) in [6.45, 7) is -0.124. The number of hydrogen-bond donors (Lipinski definition) is 0. The minimum Gasteiger partial charge on any atom is -0.443 e. The van der Waals surface area contributed by atoms with Crippen molar-refractivity contribution in [2.24, 2.45) is 0 Å². The number of ether oxygens (including phenoxy) is 1. The number of halogens is 1. The van der Waals surface area contributed by atoms with Gasteiger partial charge in [-0.05, 0) is 6.92 Å². The molecule has 0 saturated heterocycles. The van der Waals surface area contributed by atoms with Crippen molar-refractivity contribution in [1.29, 1.82) is 0 Å². The molecule has 0 saturated carbocycles. The molecule has 0 heterocycles. The van der Waals surface area contributed by atoms with Gasteiger partial charge < -0.3 is 4.74 Å². The van der Waals surface area contributed by atoms with E-state index < -0.39 is 28.3 Å². The van der Waals surface area contributed by atoms with Gasteiger partial charge in [-0.2, -0.15) is 0 Å². The number of allylic oxidation sites excluding steroid dienone is 1. The molecule has 0 amide bonds. The Morgan fingerprint density at radius 2 is 1.93 bits per heavy atom. The number of rotatable bonds is 5. The minimum absolute atomic E-state index is 0.848. The molecule has 0 aliphatic carbocycles. The molecular formula is C6H7FN2O6. The molecule has 0 aromatic rings. The van der Waals surface area contributed by atoms with E-state index in [0.717, 1.165) is 6.08 Å². The van der Waals surface area contributed by atoms with Crippen molar-refractivity contribution in [2.75, 3.05) is 6.61 Å². The van der Waals surface area contributed by atoms with E-state index in [4.69, 9.17) is 0 Å². The zero-order valence-electron chi connectivity index (χ0n) is 7.58. The standard InChI is InChI=1S/C6H7FN2O6/c1-2-3-5(10)15-4-6(7,8(11)12)9(13)14/h2-3H,4H2,1H3. The predicted octanol–water partition coefficient (Wildman–Crippen LogP) is 0.282. The van der Waals surface area contributed by atoms with Crippen LogP contribution in [0.5, 0.6) is 0 Å². The van der Waals surface area contributed by atoms with Crippen molar-refractivity contribution in [1.82, 2.24) is 0 Å². The van der Waals surface area contributed by atoms with Crippen LogP contribution in [0.15, 0.2) is 12.2 Å². The summed E-state index contributed by atoms with van der Waals surface area (Å²) >= 11 is 0. The molecule has 0 bridgehead atoms. The molecule has 0 fully saturated rings. The molecule has 0 aliphatic rings. The summed E-state index contributed by atoms with van der Waals surface area (Å²) in [7, 11) is 0. The first-order chi connectivity index (χ1) is 6.84. The maximum Gasteiger partial charge on any atom is 0.648 e. The van der Waals surface area contributed by atoms with Crippen LogP contribution in [0.3, 0.4) is 0 Å². The van der Waals surface area contributed by atoms with Crippen molar-refractivity contribution < 1.29 is 23.8 Å². The lowest BCUT2D eigenvalue weighted by Crippen LogP contribution is -2.46. The van der Waals surface area contributed by atoms with Crippen LogP contribution in [0.25, 0.3) is 0 Å². The third-order valence-corrected chi connectivity index (χ3v) is 1.26. The number of nitro groups is 2. The van der Waals surface area contributed by atoms with Gasteiger partial charge in [-0.15, -0.1) is 0 Å². The molecule has 0 rings (SSSR count). The second-order valence-corrected chi connectivity index (χ2v) is 2.34. The average molecular weight is 222 g/mol. The van der Waals surface area contributed by atoms with Gasteiger partial charge in [0.25, 0.3) is 6.61 Å². The number of alkyl halides is 1. The molecule has 15 heavy (non-hydrogen) atoms. The number of carbonyl (C=O) groups excluding carboxylic acids is 1. The van der Waals surface area contributed by atoms with E-state index in [1.807, 2.05) is 0 Å². The van der Waals surface area contributed by atoms with Gasteiger partial charge in [0.15, 0.2) is 0 Å². The normalized spacial score (nSPS) is 11.3. The highest BCUT2D eigenvalue weighted by atomic mass is 19.2. The van der Waals surface area contributed by atoms with Crippen LogP contribution >= 0.6 is 0 Å². The van der Waals surface area contributed by atoms with Gasteiger partial charge in [-0.3, -0.25) is 20.2 Å². The summed E-state index contributed by atoms with van der Waals surface area (Å²) in [6, 6.07) is 0. The average Bonchev–Trinajstić information content (AvgIpc) is 2.14. The Morgan fingerprint density at radius 3 is 2.27 bits per heavy atom. The third kappa shape index (κ3) is 3.29. The summed E-state index contributed by atoms with van der Waals surface area (Å²) < 4.78 is 16.9. The molecule has 0 aromatic heterocycles. The fraction of sp³-hybridized carbons (Fsp3) is 0.500. The smallest absolute Gasteiger partial charge is 0.443 e. The SMILES string of the molecule is CC=CC(=O)OCC(F)([N+](=O)[O-])[N+](=O)[O-]. The highest BCUT2D eigenvalue weighted by molar-refractivity contribution is 5.81. The van der Waals surface area contributed by atoms with Gasteiger partial charge in [0.1, 0.15) is 9.85 Å². The molecule has 0 aromatic carbocycles. The summed E-state index contributed by atoms with van der Waals surface area (Å²) in [5.74, 6) is -5.10. The Morgan fingerprint density at radius 1 is 1.47 bits per heavy atom. The predicted molar refractivity (Wildman–Crippen MR) is 43.6 cm³/mol. The Hall–Kier alpha value is -2.06. The number of nitrogens with zero attached hydrogens (tertiary/aromatic N) is 2. The van der Waals surface area contributed by atoms with Gasteiger partial charge in [-0.1, -0.05) is 10.5 Å². The lowest BCUT2D eigenvalue weighted by molar-refractivity contribution is -0.832. The van der Waals surface area contributed by atoms with E-state index in [2.05, 4.69) is 4.74 Å². The summed E-state index contributed by atoms with van der Waals surface area (Å²) in [6.07, 6.45) is 2.08. The van der Waals surface area contributed by atoms with Crippen LogP contribution in [0.1, 0.15) is 6.92 Å². The van der Waals surface area contributed by atoms with Crippen molar-refractivity contribution in [3.8, 4) is 0 Å². The molecular weight excluding hydrogens is 215 g/mol. The van der Waals surface area contributed by atoms with E-state index in [0.29, 0.717) is 0 Å². The summed E-state index contributed by atoms with van der Waals surface area (Å²) in [5.41, 5.74) is 0. The van der Waals surface area contributed by atoms with Crippen LogP contribution in [0.4, 0.5) is 4.39 Å². The van der Waals surface area contributed by atoms with E-state index in [-0.39, 0.29) is 0 Å². The second kappa shape index (κ2) is 4.98. The first-order valence-corrected chi connectivity index (χ1v) is 3.62. The zero-order chi connectivity index (χ0) is 12.1. The van der Waals surface area contributed by atoms with Crippen molar-refractivity contribution in [3.05, 3.63) is 32.4 Å². The highest BCUT2D eigenvalue weighted by Gasteiger charge is 2.59. The number of carbonyl (C=O) groups is 1. The Labute approximate surface area is 82.6 Å². The number of esters is 1. The van der Waals surface area contributed by atoms with Gasteiger partial charge in [0.05, 0.1) is 0 Å². The molecule has 0 spiro atoms. The fourth-order valence-corrected chi connectivity index (χ4v) is 0.519. The van der Waals surface area contributed by atoms with Crippen LogP contribution in [-0.4, -0.2) is 28.3 Å². The van der Waals surface area contributed by atoms with Crippen LogP contribution in [-0.2, 0) is 9.53 Å². The molecule has 0 atom stereocenters. The summed E-state index contributed by atoms with van der Waals surface area (Å²) in [5, 5.41) is 20.0. The maximum absolute atomic E-state index is 12.9. The Bertz CT molecular complexity index is 301. The quantitative estimate of drug-likeness (QED) is 0.165. The second-order valence-electron chi connectivity index (χ2n) is 2.34. The molecule has 84 valence electrons. The van der Waals surface area contributed by atoms with Crippen molar-refractivity contribution in [3.63, 3.8) is 0 Å². The molecule has 8 nitrogen and oxygen atoms in total. The monoisotopic (exact) mass is 222 g/mol. The van der Waals surface area contributed by atoms with Crippen LogP contribution < -0.4 is 0 Å². The van der Waals surface area contributed by atoms with E-state index in [9.17, 15) is 29.4 Å². The van der Waals surface area contributed by atoms with Crippen LogP contribution in [0.2, 0.25) is 0 Å². The third-order valence-electron chi connectivity index (χ3n) is 1.26. The minimum atomic E-state index is -4.00. The van der Waals surface area contributed by atoms with Gasteiger partial charge in [0.2, 0.25) is 0 Å². The summed E-state index contributed by atoms with van der Waals surface area (Å²) in [4.78, 5) is 27.1. The first kappa shape index (κ1) is 12.9. The highest BCUT2D eigenvalue weighted by Crippen LogP contribution is 2.13. The molecule has 9 heteroatoms. The topological polar surface area (TPSA) is 113 Å². The van der Waals surface area contributed by atoms with Gasteiger partial charge in [0, 0.05) is 6.08 Å². The van der Waals surface area contributed by atoms with Crippen molar-refractivity contribution >= 4 is 5.97 Å². The van der Waals surface area contributed by atoms with Crippen LogP contribution in [0, 0.1) is 20.2 Å². The Kier molecular flexibility index (Phi) is 4.30. The van der Waals surface area contributed by atoms with E-state index in [1.54, 1.807) is 0 Å². The molecule has 0 aliphatic heterocycles. The van der Waals surface area contributed by atoms with E-state index in [1.165, 1.54) is 13.0 Å². The van der Waals surface area contributed by atoms with E-state index >= 15 is 0 Å². The van der Waals surface area contributed by atoms with Gasteiger partial charge >= 0.3 is 11.9 Å². The van der Waals surface area contributed by atoms with Crippen molar-refractivity contribution in [2.45, 2.75) is 12.8 Å². The Balaban J connectivity index is 4.52. The molecule has 0 N–H and O–H groups in total. The van der Waals surface area contributed by atoms with Gasteiger partial charge in [-0.25, -0.2) is 4.79 Å². The molecule has 0 radical (unpaired) electrons. The fourth-order valence-electron chi connectivity index (χ4n) is 0.519. The lowest BCUT2D eigenvalue weighted by atomic mass is 10.5. The maximum atomic E-state index is 12.9. The zero-order valence-corrected chi connectivity index (χ0v) is 7.58. The number of hydrogen-bond acceptors (Lipinski definition) is 6.